The molecule has 0 aliphatic heterocycles. The monoisotopic (exact) mass is 376 g/mol. The lowest BCUT2D eigenvalue weighted by molar-refractivity contribution is 0.0504. The van der Waals surface area contributed by atoms with E-state index >= 15 is 0 Å². The first-order valence-electron chi connectivity index (χ1n) is 7.57. The quantitative estimate of drug-likeness (QED) is 0.828. The third-order valence-electron chi connectivity index (χ3n) is 3.03. The Hall–Kier alpha value is -1.31. The first-order chi connectivity index (χ1) is 10.9. The molecule has 0 aliphatic carbocycles. The fourth-order valence-corrected chi connectivity index (χ4v) is 3.37. The second-order valence-electron chi connectivity index (χ2n) is 6.71. The first-order valence-corrected chi connectivity index (χ1v) is 9.56. The normalized spacial score (nSPS) is 13.6. The summed E-state index contributed by atoms with van der Waals surface area (Å²) in [4.78, 5) is 11.7. The van der Waals surface area contributed by atoms with Gasteiger partial charge in [0.25, 0.3) is 0 Å². The number of carbonyl (C=O) groups is 1. The SMILES string of the molecule is C[C@@H](CN(C)S(=O)(=O)Cc1ccc(Cl)cc1)NC(=O)OC(C)(C)C. The summed E-state index contributed by atoms with van der Waals surface area (Å²) in [6.07, 6.45) is -0.571. The van der Waals surface area contributed by atoms with Crippen molar-refractivity contribution in [3.05, 3.63) is 34.9 Å². The van der Waals surface area contributed by atoms with E-state index in [0.29, 0.717) is 10.6 Å². The van der Waals surface area contributed by atoms with E-state index in [0.717, 1.165) is 0 Å². The molecule has 0 saturated heterocycles. The number of alkyl carbamates (subject to hydrolysis) is 1. The zero-order valence-corrected chi connectivity index (χ0v) is 16.2. The van der Waals surface area contributed by atoms with Crippen molar-refractivity contribution < 1.29 is 17.9 Å². The predicted octanol–water partition coefficient (Wildman–Crippen LogP) is 3.01. The molecule has 1 atom stereocenters. The number of amides is 1. The molecule has 0 saturated carbocycles. The van der Waals surface area contributed by atoms with Crippen LogP contribution >= 0.6 is 11.6 Å². The molecule has 1 amide bonds. The van der Waals surface area contributed by atoms with Gasteiger partial charge in [0.2, 0.25) is 10.0 Å². The molecule has 6 nitrogen and oxygen atoms in total. The highest BCUT2D eigenvalue weighted by Gasteiger charge is 2.23. The topological polar surface area (TPSA) is 75.7 Å². The molecule has 24 heavy (non-hydrogen) atoms. The van der Waals surface area contributed by atoms with Crippen molar-refractivity contribution in [2.75, 3.05) is 13.6 Å². The van der Waals surface area contributed by atoms with Gasteiger partial charge in [0.05, 0.1) is 5.75 Å². The van der Waals surface area contributed by atoms with Gasteiger partial charge in [-0.3, -0.25) is 0 Å². The van der Waals surface area contributed by atoms with Crippen molar-refractivity contribution in [3.63, 3.8) is 0 Å². The van der Waals surface area contributed by atoms with Gasteiger partial charge in [0, 0.05) is 24.7 Å². The summed E-state index contributed by atoms with van der Waals surface area (Å²) in [5.41, 5.74) is 0.0510. The molecule has 0 radical (unpaired) electrons. The van der Waals surface area contributed by atoms with Gasteiger partial charge < -0.3 is 10.1 Å². The highest BCUT2D eigenvalue weighted by molar-refractivity contribution is 7.88. The standard InChI is InChI=1S/C16H25ClN2O4S/c1-12(18-15(20)23-16(2,3)4)10-19(5)24(21,22)11-13-6-8-14(17)9-7-13/h6-9,12H,10-11H2,1-5H3,(H,18,20)/t12-/m0/s1. The maximum absolute atomic E-state index is 12.4. The van der Waals surface area contributed by atoms with E-state index in [2.05, 4.69) is 5.32 Å². The lowest BCUT2D eigenvalue weighted by Crippen LogP contribution is -2.44. The van der Waals surface area contributed by atoms with Crippen molar-refractivity contribution in [3.8, 4) is 0 Å². The molecule has 1 N–H and O–H groups in total. The Bertz CT molecular complexity index is 654. The number of hydrogen-bond acceptors (Lipinski definition) is 4. The number of nitrogens with zero attached hydrogens (tertiary/aromatic N) is 1. The number of carbonyl (C=O) groups excluding carboxylic acids is 1. The Morgan fingerprint density at radius 2 is 1.83 bits per heavy atom. The van der Waals surface area contributed by atoms with E-state index in [1.807, 2.05) is 0 Å². The number of likely N-dealkylation sites (N-methyl/N-ethyl adjacent to an activating group) is 1. The molecule has 0 heterocycles. The van der Waals surface area contributed by atoms with Crippen LogP contribution in [0.1, 0.15) is 33.3 Å². The molecule has 136 valence electrons. The summed E-state index contributed by atoms with van der Waals surface area (Å²) in [7, 11) is -2.01. The summed E-state index contributed by atoms with van der Waals surface area (Å²) < 4.78 is 31.1. The molecule has 1 aromatic carbocycles. The van der Waals surface area contributed by atoms with Gasteiger partial charge in [-0.2, -0.15) is 0 Å². The van der Waals surface area contributed by atoms with E-state index in [1.165, 1.54) is 11.4 Å². The lowest BCUT2D eigenvalue weighted by Gasteiger charge is -2.24. The Balaban J connectivity index is 2.60. The van der Waals surface area contributed by atoms with Crippen LogP contribution in [0.4, 0.5) is 4.79 Å². The minimum Gasteiger partial charge on any atom is -0.444 e. The Kier molecular flexibility index (Phi) is 7.07. The molecule has 0 aromatic heterocycles. The fourth-order valence-electron chi connectivity index (χ4n) is 1.96. The number of rotatable bonds is 6. The van der Waals surface area contributed by atoms with Crippen LogP contribution in [0, 0.1) is 0 Å². The van der Waals surface area contributed by atoms with E-state index in [-0.39, 0.29) is 18.3 Å². The van der Waals surface area contributed by atoms with Crippen LogP contribution in [-0.4, -0.2) is 44.1 Å². The van der Waals surface area contributed by atoms with Crippen LogP contribution < -0.4 is 5.32 Å². The summed E-state index contributed by atoms with van der Waals surface area (Å²) in [5.74, 6) is -0.125. The third kappa shape index (κ3) is 7.51. The van der Waals surface area contributed by atoms with E-state index < -0.39 is 21.7 Å². The number of nitrogens with one attached hydrogen (secondary N) is 1. The van der Waals surface area contributed by atoms with Crippen LogP contribution in [-0.2, 0) is 20.5 Å². The van der Waals surface area contributed by atoms with Crippen LogP contribution in [0.5, 0.6) is 0 Å². The second-order valence-corrected chi connectivity index (χ2v) is 9.22. The van der Waals surface area contributed by atoms with Gasteiger partial charge in [-0.15, -0.1) is 0 Å². The van der Waals surface area contributed by atoms with Crippen molar-refractivity contribution in [1.82, 2.24) is 9.62 Å². The number of hydrogen-bond donors (Lipinski definition) is 1. The van der Waals surface area contributed by atoms with Crippen LogP contribution in [0.25, 0.3) is 0 Å². The Morgan fingerprint density at radius 1 is 1.29 bits per heavy atom. The predicted molar refractivity (Wildman–Crippen MR) is 95.5 cm³/mol. The van der Waals surface area contributed by atoms with E-state index in [9.17, 15) is 13.2 Å². The molecule has 0 fully saturated rings. The molecular formula is C16H25ClN2O4S. The molecule has 1 rings (SSSR count). The molecular weight excluding hydrogens is 352 g/mol. The van der Waals surface area contributed by atoms with E-state index in [1.54, 1.807) is 52.0 Å². The zero-order chi connectivity index (χ0) is 18.5. The molecule has 0 unspecified atom stereocenters. The largest absolute Gasteiger partial charge is 0.444 e. The van der Waals surface area contributed by atoms with Crippen LogP contribution in [0.15, 0.2) is 24.3 Å². The van der Waals surface area contributed by atoms with Crippen molar-refractivity contribution >= 4 is 27.7 Å². The lowest BCUT2D eigenvalue weighted by atomic mass is 10.2. The third-order valence-corrected chi connectivity index (χ3v) is 5.08. The highest BCUT2D eigenvalue weighted by Crippen LogP contribution is 2.14. The molecule has 1 aromatic rings. The van der Waals surface area contributed by atoms with Crippen molar-refractivity contribution in [2.45, 2.75) is 45.1 Å². The summed E-state index contributed by atoms with van der Waals surface area (Å²) in [6.45, 7) is 7.16. The van der Waals surface area contributed by atoms with Gasteiger partial charge in [0.1, 0.15) is 5.60 Å². The average Bonchev–Trinajstić information content (AvgIpc) is 2.38. The van der Waals surface area contributed by atoms with Crippen LogP contribution in [0.2, 0.25) is 5.02 Å². The molecule has 8 heteroatoms. The minimum atomic E-state index is -3.49. The fraction of sp³-hybridized carbons (Fsp3) is 0.562. The maximum atomic E-state index is 12.4. The highest BCUT2D eigenvalue weighted by atomic mass is 35.5. The summed E-state index contributed by atoms with van der Waals surface area (Å²) >= 11 is 5.80. The summed E-state index contributed by atoms with van der Waals surface area (Å²) in [6, 6.07) is 6.27. The van der Waals surface area contributed by atoms with Crippen LogP contribution in [0.3, 0.4) is 0 Å². The van der Waals surface area contributed by atoms with E-state index in [4.69, 9.17) is 16.3 Å². The van der Waals surface area contributed by atoms with Gasteiger partial charge >= 0.3 is 6.09 Å². The number of ether oxygens (including phenoxy) is 1. The molecule has 0 bridgehead atoms. The van der Waals surface area contributed by atoms with Gasteiger partial charge in [0.15, 0.2) is 0 Å². The number of halogens is 1. The van der Waals surface area contributed by atoms with Gasteiger partial charge in [-0.05, 0) is 45.4 Å². The average molecular weight is 377 g/mol. The number of sulfonamides is 1. The number of benzene rings is 1. The first kappa shape index (κ1) is 20.7. The van der Waals surface area contributed by atoms with Crippen molar-refractivity contribution in [1.29, 1.82) is 0 Å². The second kappa shape index (κ2) is 8.18. The zero-order valence-electron chi connectivity index (χ0n) is 14.7. The van der Waals surface area contributed by atoms with Gasteiger partial charge in [-0.1, -0.05) is 23.7 Å². The maximum Gasteiger partial charge on any atom is 0.407 e. The summed E-state index contributed by atoms with van der Waals surface area (Å²) in [5, 5.41) is 3.18. The Morgan fingerprint density at radius 3 is 2.33 bits per heavy atom. The minimum absolute atomic E-state index is 0.125. The molecule has 0 aliphatic rings. The smallest absolute Gasteiger partial charge is 0.407 e. The van der Waals surface area contributed by atoms with Crippen molar-refractivity contribution in [2.24, 2.45) is 0 Å². The Labute approximate surface area is 149 Å². The molecule has 0 spiro atoms. The van der Waals surface area contributed by atoms with Gasteiger partial charge in [-0.25, -0.2) is 17.5 Å².